The molecule has 0 heterocycles. The number of benzene rings is 3. The molecule has 0 aliphatic heterocycles. The van der Waals surface area contributed by atoms with Crippen LogP contribution in [-0.2, 0) is 21.4 Å². The van der Waals surface area contributed by atoms with Crippen LogP contribution in [0.25, 0.3) is 0 Å². The summed E-state index contributed by atoms with van der Waals surface area (Å²) in [5, 5.41) is 5.55. The number of ether oxygens (including phenoxy) is 1. The van der Waals surface area contributed by atoms with Crippen molar-refractivity contribution >= 4 is 33.2 Å². The van der Waals surface area contributed by atoms with Crippen LogP contribution in [0.4, 0.5) is 11.4 Å². The van der Waals surface area contributed by atoms with E-state index in [2.05, 4.69) is 10.6 Å². The standard InChI is InChI=1S/C26H29N3O5S/c1-4-34-22-16-14-21(15-17-22)29(35(3,32)33)19(2)25(30)28-24-13-9-8-12-23(24)26(31)27-18-20-10-6-5-7-11-20/h5-17,19H,4,18H2,1-3H3,(H,27,31)(H,28,30). The van der Waals surface area contributed by atoms with E-state index in [4.69, 9.17) is 4.74 Å². The van der Waals surface area contributed by atoms with Crippen molar-refractivity contribution in [2.24, 2.45) is 0 Å². The molecular weight excluding hydrogens is 466 g/mol. The number of para-hydroxylation sites is 1. The number of hydrogen-bond donors (Lipinski definition) is 2. The van der Waals surface area contributed by atoms with Gasteiger partial charge in [-0.1, -0.05) is 42.5 Å². The highest BCUT2D eigenvalue weighted by Gasteiger charge is 2.30. The van der Waals surface area contributed by atoms with Gasteiger partial charge < -0.3 is 15.4 Å². The lowest BCUT2D eigenvalue weighted by Gasteiger charge is -2.28. The van der Waals surface area contributed by atoms with Gasteiger partial charge in [-0.3, -0.25) is 13.9 Å². The number of hydrogen-bond acceptors (Lipinski definition) is 5. The number of carbonyl (C=O) groups excluding carboxylic acids is 2. The van der Waals surface area contributed by atoms with Crippen molar-refractivity contribution in [2.75, 3.05) is 22.5 Å². The zero-order chi connectivity index (χ0) is 25.4. The number of sulfonamides is 1. The van der Waals surface area contributed by atoms with Crippen LogP contribution in [0.3, 0.4) is 0 Å². The van der Waals surface area contributed by atoms with Gasteiger partial charge in [0.25, 0.3) is 5.91 Å². The molecule has 0 aromatic heterocycles. The minimum absolute atomic E-state index is 0.274. The van der Waals surface area contributed by atoms with Gasteiger partial charge in [0.1, 0.15) is 11.8 Å². The Morgan fingerprint density at radius 3 is 2.20 bits per heavy atom. The summed E-state index contributed by atoms with van der Waals surface area (Å²) in [6.45, 7) is 4.15. The first-order chi connectivity index (χ1) is 16.7. The van der Waals surface area contributed by atoms with E-state index < -0.39 is 22.0 Å². The van der Waals surface area contributed by atoms with Gasteiger partial charge in [0, 0.05) is 6.54 Å². The maximum atomic E-state index is 13.1. The van der Waals surface area contributed by atoms with E-state index in [-0.39, 0.29) is 17.2 Å². The molecule has 0 spiro atoms. The first kappa shape index (κ1) is 25.8. The van der Waals surface area contributed by atoms with E-state index in [1.165, 1.54) is 6.92 Å². The van der Waals surface area contributed by atoms with Gasteiger partial charge in [0.2, 0.25) is 15.9 Å². The lowest BCUT2D eigenvalue weighted by atomic mass is 10.1. The number of amides is 2. The Morgan fingerprint density at radius 2 is 1.57 bits per heavy atom. The quantitative estimate of drug-likeness (QED) is 0.445. The zero-order valence-corrected chi connectivity index (χ0v) is 20.7. The summed E-state index contributed by atoms with van der Waals surface area (Å²) in [6.07, 6.45) is 1.04. The van der Waals surface area contributed by atoms with Crippen molar-refractivity contribution in [2.45, 2.75) is 26.4 Å². The van der Waals surface area contributed by atoms with Gasteiger partial charge in [-0.05, 0) is 55.8 Å². The molecule has 35 heavy (non-hydrogen) atoms. The summed E-state index contributed by atoms with van der Waals surface area (Å²) in [7, 11) is -3.79. The molecule has 0 saturated heterocycles. The Labute approximate surface area is 206 Å². The highest BCUT2D eigenvalue weighted by molar-refractivity contribution is 7.92. The summed E-state index contributed by atoms with van der Waals surface area (Å²) < 4.78 is 31.6. The SMILES string of the molecule is CCOc1ccc(N(C(C)C(=O)Nc2ccccc2C(=O)NCc2ccccc2)S(C)(=O)=O)cc1. The summed E-state index contributed by atoms with van der Waals surface area (Å²) in [4.78, 5) is 25.9. The Balaban J connectivity index is 1.78. The molecule has 0 bridgehead atoms. The molecule has 0 radical (unpaired) electrons. The Hall–Kier alpha value is -3.85. The van der Waals surface area contributed by atoms with E-state index in [1.54, 1.807) is 48.5 Å². The second-order valence-corrected chi connectivity index (χ2v) is 9.72. The van der Waals surface area contributed by atoms with Crippen molar-refractivity contribution in [1.82, 2.24) is 5.32 Å². The molecule has 8 nitrogen and oxygen atoms in total. The zero-order valence-electron chi connectivity index (χ0n) is 19.9. The minimum Gasteiger partial charge on any atom is -0.494 e. The lowest BCUT2D eigenvalue weighted by Crippen LogP contribution is -2.45. The second kappa shape index (κ2) is 11.5. The van der Waals surface area contributed by atoms with Crippen molar-refractivity contribution in [3.63, 3.8) is 0 Å². The Kier molecular flexibility index (Phi) is 8.48. The number of nitrogens with zero attached hydrogens (tertiary/aromatic N) is 1. The third kappa shape index (κ3) is 6.83. The molecule has 3 rings (SSSR count). The minimum atomic E-state index is -3.79. The summed E-state index contributed by atoms with van der Waals surface area (Å²) >= 11 is 0. The van der Waals surface area contributed by atoms with Crippen LogP contribution in [0.1, 0.15) is 29.8 Å². The largest absolute Gasteiger partial charge is 0.494 e. The van der Waals surface area contributed by atoms with Crippen LogP contribution in [0.5, 0.6) is 5.75 Å². The number of carbonyl (C=O) groups is 2. The summed E-state index contributed by atoms with van der Waals surface area (Å²) in [5.41, 5.74) is 1.83. The van der Waals surface area contributed by atoms with Crippen LogP contribution in [-0.4, -0.2) is 39.1 Å². The van der Waals surface area contributed by atoms with Crippen LogP contribution in [0.2, 0.25) is 0 Å². The van der Waals surface area contributed by atoms with Crippen molar-refractivity contribution in [3.05, 3.63) is 90.0 Å². The fraction of sp³-hybridized carbons (Fsp3) is 0.231. The molecule has 2 amide bonds. The van der Waals surface area contributed by atoms with E-state index in [9.17, 15) is 18.0 Å². The molecule has 0 aliphatic carbocycles. The van der Waals surface area contributed by atoms with E-state index >= 15 is 0 Å². The third-order valence-corrected chi connectivity index (χ3v) is 6.46. The van der Waals surface area contributed by atoms with Crippen LogP contribution in [0.15, 0.2) is 78.9 Å². The topological polar surface area (TPSA) is 105 Å². The average molecular weight is 496 g/mol. The number of nitrogens with one attached hydrogen (secondary N) is 2. The van der Waals surface area contributed by atoms with Crippen LogP contribution < -0.4 is 19.7 Å². The first-order valence-corrected chi connectivity index (χ1v) is 13.0. The van der Waals surface area contributed by atoms with Crippen LogP contribution >= 0.6 is 0 Å². The smallest absolute Gasteiger partial charge is 0.253 e. The fourth-order valence-electron chi connectivity index (χ4n) is 3.57. The van der Waals surface area contributed by atoms with Gasteiger partial charge in [-0.2, -0.15) is 0 Å². The summed E-state index contributed by atoms with van der Waals surface area (Å²) in [5.74, 6) is -0.339. The molecule has 0 saturated carbocycles. The van der Waals surface area contributed by atoms with Crippen molar-refractivity contribution < 1.29 is 22.7 Å². The van der Waals surface area contributed by atoms with E-state index in [0.29, 0.717) is 24.6 Å². The molecule has 0 aliphatic rings. The maximum Gasteiger partial charge on any atom is 0.253 e. The molecular formula is C26H29N3O5S. The van der Waals surface area contributed by atoms with Gasteiger partial charge >= 0.3 is 0 Å². The van der Waals surface area contributed by atoms with E-state index in [1.807, 2.05) is 37.3 Å². The Bertz CT molecular complexity index is 1260. The molecule has 2 N–H and O–H groups in total. The molecule has 0 fully saturated rings. The third-order valence-electron chi connectivity index (χ3n) is 5.22. The normalized spacial score (nSPS) is 11.9. The van der Waals surface area contributed by atoms with Gasteiger partial charge in [0.15, 0.2) is 0 Å². The lowest BCUT2D eigenvalue weighted by molar-refractivity contribution is -0.116. The van der Waals surface area contributed by atoms with Crippen molar-refractivity contribution in [3.8, 4) is 5.75 Å². The van der Waals surface area contributed by atoms with Gasteiger partial charge in [0.05, 0.1) is 29.8 Å². The Morgan fingerprint density at radius 1 is 0.943 bits per heavy atom. The van der Waals surface area contributed by atoms with Gasteiger partial charge in [-0.25, -0.2) is 8.42 Å². The number of rotatable bonds is 10. The molecule has 9 heteroatoms. The van der Waals surface area contributed by atoms with Gasteiger partial charge in [-0.15, -0.1) is 0 Å². The number of anilines is 2. The molecule has 3 aromatic rings. The second-order valence-electron chi connectivity index (χ2n) is 7.86. The van der Waals surface area contributed by atoms with E-state index in [0.717, 1.165) is 16.1 Å². The highest BCUT2D eigenvalue weighted by Crippen LogP contribution is 2.25. The van der Waals surface area contributed by atoms with Crippen molar-refractivity contribution in [1.29, 1.82) is 0 Å². The predicted octanol–water partition coefficient (Wildman–Crippen LogP) is 3.81. The fourth-order valence-corrected chi connectivity index (χ4v) is 4.74. The molecule has 1 unspecified atom stereocenters. The monoisotopic (exact) mass is 495 g/mol. The average Bonchev–Trinajstić information content (AvgIpc) is 2.84. The predicted molar refractivity (Wildman–Crippen MR) is 137 cm³/mol. The molecule has 3 aromatic carbocycles. The molecule has 184 valence electrons. The maximum absolute atomic E-state index is 13.1. The summed E-state index contributed by atoms with van der Waals surface area (Å²) in [6, 6.07) is 21.4. The first-order valence-electron chi connectivity index (χ1n) is 11.1. The van der Waals surface area contributed by atoms with Crippen LogP contribution in [0, 0.1) is 0 Å². The highest BCUT2D eigenvalue weighted by atomic mass is 32.2. The molecule has 1 atom stereocenters.